The number of aliphatic carboxylic acids is 1. The van der Waals surface area contributed by atoms with Crippen LogP contribution in [-0.4, -0.2) is 28.3 Å². The van der Waals surface area contributed by atoms with Crippen LogP contribution in [0.3, 0.4) is 0 Å². The molecule has 3 N–H and O–H groups in total. The van der Waals surface area contributed by atoms with E-state index in [0.717, 1.165) is 31.2 Å². The highest BCUT2D eigenvalue weighted by Gasteiger charge is 2.29. The molecule has 0 saturated heterocycles. The minimum absolute atomic E-state index is 0. The van der Waals surface area contributed by atoms with Crippen molar-refractivity contribution < 1.29 is 15.0 Å². The first-order valence-corrected chi connectivity index (χ1v) is 12.1. The maximum absolute atomic E-state index is 10.8. The van der Waals surface area contributed by atoms with Crippen molar-refractivity contribution in [1.29, 1.82) is 0 Å². The molecule has 2 aromatic rings. The second-order valence-corrected chi connectivity index (χ2v) is 10.3. The molecular weight excluding hydrogens is 481 g/mol. The summed E-state index contributed by atoms with van der Waals surface area (Å²) in [5, 5.41) is 23.9. The number of unbranched alkanes of at least 4 members (excludes halogenated alkanes) is 1. The summed E-state index contributed by atoms with van der Waals surface area (Å²) < 4.78 is 0. The van der Waals surface area contributed by atoms with Crippen molar-refractivity contribution in [1.82, 2.24) is 5.32 Å². The molecule has 1 atom stereocenters. The molecule has 33 heavy (non-hydrogen) atoms. The van der Waals surface area contributed by atoms with E-state index in [-0.39, 0.29) is 24.4 Å². The van der Waals surface area contributed by atoms with Crippen LogP contribution < -0.4 is 5.32 Å². The molecule has 0 radical (unpaired) electrons. The topological polar surface area (TPSA) is 69.6 Å². The van der Waals surface area contributed by atoms with Crippen molar-refractivity contribution in [3.8, 4) is 0 Å². The lowest BCUT2D eigenvalue weighted by atomic mass is 9.88. The molecular formula is C26H34Cl3NO3. The number of rotatable bonds is 11. The Balaban J connectivity index is 0.00000385. The highest BCUT2D eigenvalue weighted by molar-refractivity contribution is 6.43. The summed E-state index contributed by atoms with van der Waals surface area (Å²) in [7, 11) is 0. The SMILES string of the molecule is CC(C)(CC1Cc2ccccc2C1)NC[C@@H](O)c1ccc(CCCCC(=O)O)c(Cl)c1Cl.Cl. The zero-order valence-electron chi connectivity index (χ0n) is 19.2. The summed E-state index contributed by atoms with van der Waals surface area (Å²) in [4.78, 5) is 10.7. The summed E-state index contributed by atoms with van der Waals surface area (Å²) in [6.45, 7) is 4.75. The maximum Gasteiger partial charge on any atom is 0.303 e. The number of nitrogens with one attached hydrogen (secondary N) is 1. The molecule has 7 heteroatoms. The third-order valence-electron chi connectivity index (χ3n) is 6.35. The molecule has 182 valence electrons. The lowest BCUT2D eigenvalue weighted by molar-refractivity contribution is -0.137. The molecule has 4 nitrogen and oxygen atoms in total. The van der Waals surface area contributed by atoms with Crippen LogP contribution in [0.1, 0.15) is 67.9 Å². The second-order valence-electron chi connectivity index (χ2n) is 9.57. The van der Waals surface area contributed by atoms with E-state index < -0.39 is 12.1 Å². The maximum atomic E-state index is 10.8. The first kappa shape index (κ1) is 27.9. The molecule has 0 fully saturated rings. The number of aryl methyl sites for hydroxylation is 1. The lowest BCUT2D eigenvalue weighted by Gasteiger charge is -2.31. The number of aliphatic hydroxyl groups is 1. The van der Waals surface area contributed by atoms with Gasteiger partial charge in [0.25, 0.3) is 0 Å². The van der Waals surface area contributed by atoms with Gasteiger partial charge in [0.2, 0.25) is 0 Å². The van der Waals surface area contributed by atoms with Crippen LogP contribution in [0.15, 0.2) is 36.4 Å². The molecule has 0 amide bonds. The van der Waals surface area contributed by atoms with Crippen LogP contribution >= 0.6 is 35.6 Å². The van der Waals surface area contributed by atoms with E-state index in [1.54, 1.807) is 0 Å². The molecule has 1 aliphatic rings. The van der Waals surface area contributed by atoms with Crippen molar-refractivity contribution in [3.05, 3.63) is 68.7 Å². The van der Waals surface area contributed by atoms with Gasteiger partial charge < -0.3 is 15.5 Å². The van der Waals surface area contributed by atoms with Gasteiger partial charge in [-0.3, -0.25) is 4.79 Å². The number of aliphatic hydroxyl groups excluding tert-OH is 1. The van der Waals surface area contributed by atoms with Crippen molar-refractivity contribution in [2.45, 2.75) is 70.4 Å². The van der Waals surface area contributed by atoms with E-state index >= 15 is 0 Å². The van der Waals surface area contributed by atoms with E-state index in [2.05, 4.69) is 43.4 Å². The third-order valence-corrected chi connectivity index (χ3v) is 7.28. The van der Waals surface area contributed by atoms with Gasteiger partial charge in [-0.15, -0.1) is 12.4 Å². The van der Waals surface area contributed by atoms with Gasteiger partial charge in [0.05, 0.1) is 16.1 Å². The Labute approximate surface area is 213 Å². The largest absolute Gasteiger partial charge is 0.481 e. The highest BCUT2D eigenvalue weighted by Crippen LogP contribution is 2.35. The average Bonchev–Trinajstić information content (AvgIpc) is 3.13. The summed E-state index contributed by atoms with van der Waals surface area (Å²) in [5.74, 6) is -0.189. The van der Waals surface area contributed by atoms with Crippen LogP contribution in [0.2, 0.25) is 10.0 Å². The number of hydrogen-bond donors (Lipinski definition) is 3. The van der Waals surface area contributed by atoms with Crippen molar-refractivity contribution in [2.75, 3.05) is 6.54 Å². The Morgan fingerprint density at radius 1 is 1.09 bits per heavy atom. The average molecular weight is 515 g/mol. The molecule has 1 aliphatic carbocycles. The van der Waals surface area contributed by atoms with Crippen LogP contribution in [0.25, 0.3) is 0 Å². The summed E-state index contributed by atoms with van der Waals surface area (Å²) in [5.41, 5.74) is 4.29. The number of hydrogen-bond acceptors (Lipinski definition) is 3. The van der Waals surface area contributed by atoms with Crippen molar-refractivity contribution in [3.63, 3.8) is 0 Å². The summed E-state index contributed by atoms with van der Waals surface area (Å²) in [6, 6.07) is 12.4. The van der Waals surface area contributed by atoms with Crippen molar-refractivity contribution >= 4 is 41.6 Å². The lowest BCUT2D eigenvalue weighted by Crippen LogP contribution is -2.43. The highest BCUT2D eigenvalue weighted by atomic mass is 35.5. The monoisotopic (exact) mass is 513 g/mol. The zero-order chi connectivity index (χ0) is 23.3. The van der Waals surface area contributed by atoms with Crippen molar-refractivity contribution in [2.24, 2.45) is 5.92 Å². The fraction of sp³-hybridized carbons (Fsp3) is 0.500. The smallest absolute Gasteiger partial charge is 0.303 e. The third kappa shape index (κ3) is 7.87. The number of fused-ring (bicyclic) bond motifs is 1. The predicted molar refractivity (Wildman–Crippen MR) is 138 cm³/mol. The van der Waals surface area contributed by atoms with Gasteiger partial charge >= 0.3 is 5.97 Å². The van der Waals surface area contributed by atoms with E-state index in [0.29, 0.717) is 40.9 Å². The molecule has 0 aliphatic heterocycles. The van der Waals surface area contributed by atoms with E-state index in [9.17, 15) is 9.90 Å². The Morgan fingerprint density at radius 3 is 2.33 bits per heavy atom. The minimum atomic E-state index is -0.791. The quantitative estimate of drug-likeness (QED) is 0.303. The number of carbonyl (C=O) groups is 1. The van der Waals surface area contributed by atoms with Gasteiger partial charge in [-0.1, -0.05) is 59.6 Å². The van der Waals surface area contributed by atoms with Gasteiger partial charge in [-0.05, 0) is 75.0 Å². The molecule has 0 aromatic heterocycles. The van der Waals surface area contributed by atoms with E-state index in [1.165, 1.54) is 11.1 Å². The Bertz CT molecular complexity index is 923. The van der Waals surface area contributed by atoms with Gasteiger partial charge in [-0.25, -0.2) is 0 Å². The Hall–Kier alpha value is -1.30. The summed E-state index contributed by atoms with van der Waals surface area (Å²) >= 11 is 12.9. The van der Waals surface area contributed by atoms with Crippen LogP contribution in [0.4, 0.5) is 0 Å². The fourth-order valence-electron chi connectivity index (χ4n) is 4.72. The van der Waals surface area contributed by atoms with Gasteiger partial charge in [0, 0.05) is 24.1 Å². The van der Waals surface area contributed by atoms with E-state index in [4.69, 9.17) is 28.3 Å². The number of β-amino-alcohol motifs (C(OH)–C–C–N with tert-alkyl or cyclic N) is 1. The second kappa shape index (κ2) is 12.4. The van der Waals surface area contributed by atoms with Crippen LogP contribution in [0.5, 0.6) is 0 Å². The molecule has 2 aromatic carbocycles. The minimum Gasteiger partial charge on any atom is -0.481 e. The Morgan fingerprint density at radius 2 is 1.73 bits per heavy atom. The van der Waals surface area contributed by atoms with Crippen LogP contribution in [0, 0.1) is 5.92 Å². The van der Waals surface area contributed by atoms with E-state index in [1.807, 2.05) is 12.1 Å². The molecule has 0 spiro atoms. The molecule has 0 heterocycles. The number of benzene rings is 2. The number of halogens is 3. The number of carboxylic acids is 1. The molecule has 0 saturated carbocycles. The Kier molecular flexibility index (Phi) is 10.5. The zero-order valence-corrected chi connectivity index (χ0v) is 21.6. The normalized spacial score (nSPS) is 14.6. The molecule has 0 unspecified atom stereocenters. The molecule has 0 bridgehead atoms. The fourth-order valence-corrected chi connectivity index (χ4v) is 5.29. The number of carboxylic acid groups (broad SMARTS) is 1. The van der Waals surface area contributed by atoms with Gasteiger partial charge in [0.15, 0.2) is 0 Å². The predicted octanol–water partition coefficient (Wildman–Crippen LogP) is 6.42. The van der Waals surface area contributed by atoms with Gasteiger partial charge in [0.1, 0.15) is 0 Å². The van der Waals surface area contributed by atoms with Crippen LogP contribution in [-0.2, 0) is 24.1 Å². The standard InChI is InChI=1S/C26H33Cl2NO3.ClH/c1-26(2,15-17-13-19-8-3-4-9-20(19)14-17)29-16-22(30)21-12-11-18(24(27)25(21)28)7-5-6-10-23(31)32;/h3-4,8-9,11-12,17,22,29-30H,5-7,10,13-16H2,1-2H3,(H,31,32);1H/t22-;/m1./s1. The van der Waals surface area contributed by atoms with Gasteiger partial charge in [-0.2, -0.15) is 0 Å². The first-order chi connectivity index (χ1) is 15.2. The first-order valence-electron chi connectivity index (χ1n) is 11.3. The molecule has 3 rings (SSSR count). The summed E-state index contributed by atoms with van der Waals surface area (Å²) in [6.07, 6.45) is 4.62.